The van der Waals surface area contributed by atoms with Gasteiger partial charge in [-0.05, 0) is 89.9 Å². The number of hydrogen-bond acceptors (Lipinski definition) is 8. The van der Waals surface area contributed by atoms with E-state index in [9.17, 15) is 19.5 Å². The van der Waals surface area contributed by atoms with E-state index in [1.54, 1.807) is 0 Å². The van der Waals surface area contributed by atoms with E-state index in [1.807, 2.05) is 21.1 Å². The van der Waals surface area contributed by atoms with Crippen LogP contribution in [0.25, 0.3) is 0 Å². The molecule has 504 valence electrons. The van der Waals surface area contributed by atoms with Crippen molar-refractivity contribution in [3.8, 4) is 0 Å². The molecule has 0 fully saturated rings. The summed E-state index contributed by atoms with van der Waals surface area (Å²) in [6.07, 6.45) is 89.6. The average molecular weight is 1220 g/mol. The van der Waals surface area contributed by atoms with Crippen LogP contribution in [-0.4, -0.2) is 82.3 Å². The largest absolute Gasteiger partial charge is 0.545 e. The summed E-state index contributed by atoms with van der Waals surface area (Å²) in [5.41, 5.74) is 0. The first-order valence-electron chi connectivity index (χ1n) is 36.7. The number of carbonyl (C=O) groups excluding carboxylic acids is 3. The minimum Gasteiger partial charge on any atom is -0.545 e. The fourth-order valence-corrected chi connectivity index (χ4v) is 10.5. The van der Waals surface area contributed by atoms with E-state index in [4.69, 9.17) is 18.9 Å². The Morgan fingerprint density at radius 1 is 0.356 bits per heavy atom. The Balaban J connectivity index is 4.03. The molecular formula is C78H139NO8. The van der Waals surface area contributed by atoms with E-state index in [1.165, 1.54) is 231 Å². The molecule has 0 aliphatic rings. The maximum atomic E-state index is 12.9. The lowest BCUT2D eigenvalue weighted by atomic mass is 10.0. The third kappa shape index (κ3) is 69.8. The highest BCUT2D eigenvalue weighted by molar-refractivity contribution is 5.70. The molecule has 0 heterocycles. The minimum atomic E-state index is -1.62. The summed E-state index contributed by atoms with van der Waals surface area (Å²) in [5, 5.41) is 11.8. The summed E-state index contributed by atoms with van der Waals surface area (Å²) in [4.78, 5) is 37.5. The highest BCUT2D eigenvalue weighted by Crippen LogP contribution is 2.18. The van der Waals surface area contributed by atoms with Gasteiger partial charge in [0.05, 0.1) is 40.3 Å². The van der Waals surface area contributed by atoms with Crippen molar-refractivity contribution in [2.24, 2.45) is 0 Å². The van der Waals surface area contributed by atoms with Gasteiger partial charge >= 0.3 is 11.9 Å². The summed E-state index contributed by atoms with van der Waals surface area (Å²) in [6, 6.07) is 0. The normalized spacial score (nSPS) is 13.2. The predicted molar refractivity (Wildman–Crippen MR) is 371 cm³/mol. The molecule has 0 aromatic heterocycles. The number of nitrogens with zero attached hydrogens (tertiary/aromatic N) is 1. The van der Waals surface area contributed by atoms with Crippen molar-refractivity contribution in [1.82, 2.24) is 0 Å². The fourth-order valence-electron chi connectivity index (χ4n) is 10.5. The molecule has 0 saturated carbocycles. The maximum absolute atomic E-state index is 12.9. The predicted octanol–water partition coefficient (Wildman–Crippen LogP) is 21.7. The number of unbranched alkanes of at least 4 members (excludes halogenated alkanes) is 39. The first-order chi connectivity index (χ1) is 42.6. The fraction of sp³-hybridized carbons (Fsp3) is 0.782. The molecule has 0 amide bonds. The summed E-state index contributed by atoms with van der Waals surface area (Å²) in [7, 11) is 5.94. The molecule has 0 bridgehead atoms. The van der Waals surface area contributed by atoms with E-state index < -0.39 is 24.3 Å². The van der Waals surface area contributed by atoms with Crippen LogP contribution in [0.3, 0.4) is 0 Å². The molecule has 0 aliphatic carbocycles. The molecule has 0 aromatic carbocycles. The SMILES string of the molecule is CC/C=C\C/C=C\C/C=C\C/C=C\C/C=C\CCCCCCCCCCCCCCCCCCCCCCCC(=O)OC(COC(=O)CCCCCCCCCCCCCCC/C=C\C/C=C\CCCCCCC)COC(OCC[N+](C)(C)C)C(=O)[O-]. The van der Waals surface area contributed by atoms with Crippen molar-refractivity contribution in [2.75, 3.05) is 47.5 Å². The molecule has 0 N–H and O–H groups in total. The van der Waals surface area contributed by atoms with Gasteiger partial charge in [0.2, 0.25) is 0 Å². The number of quaternary nitrogens is 1. The van der Waals surface area contributed by atoms with Gasteiger partial charge in [-0.2, -0.15) is 0 Å². The highest BCUT2D eigenvalue weighted by atomic mass is 16.7. The Kier molecular flexibility index (Phi) is 65.6. The number of carbonyl (C=O) groups is 3. The standard InChI is InChI=1S/C78H139NO8/c1-6-8-10-12-14-16-18-20-22-24-26-28-30-32-33-34-35-36-37-38-39-40-41-42-43-45-47-49-51-53-55-57-59-61-63-65-67-69-76(81)87-74(73-86-78(77(82)83)84-71-70-79(3,4)5)72-85-75(80)68-66-64-62-60-58-56-54-52-50-48-46-44-31-29-27-25-23-21-19-17-15-13-11-9-7-2/h8,10,14,16,19-22,25-28,32-33,74,78H,6-7,9,11-13,15,17-18,23-24,29-31,34-73H2,1-5H3/b10-8-,16-14-,21-19-,22-20-,27-25-,28-26-,33-32-. The van der Waals surface area contributed by atoms with E-state index >= 15 is 0 Å². The highest BCUT2D eigenvalue weighted by Gasteiger charge is 2.22. The molecular weight excluding hydrogens is 1080 g/mol. The van der Waals surface area contributed by atoms with Crippen molar-refractivity contribution in [3.05, 3.63) is 85.1 Å². The second-order valence-electron chi connectivity index (χ2n) is 25.9. The number of rotatable bonds is 68. The van der Waals surface area contributed by atoms with Gasteiger partial charge in [-0.3, -0.25) is 9.59 Å². The number of carboxylic acids is 1. The van der Waals surface area contributed by atoms with Crippen molar-refractivity contribution in [2.45, 2.75) is 347 Å². The Bertz CT molecular complexity index is 1700. The van der Waals surface area contributed by atoms with Crippen molar-refractivity contribution in [3.63, 3.8) is 0 Å². The van der Waals surface area contributed by atoms with Crippen molar-refractivity contribution in [1.29, 1.82) is 0 Å². The topological polar surface area (TPSA) is 111 Å². The van der Waals surface area contributed by atoms with Gasteiger partial charge in [0.25, 0.3) is 0 Å². The third-order valence-electron chi connectivity index (χ3n) is 16.1. The zero-order chi connectivity index (χ0) is 63.3. The Morgan fingerprint density at radius 2 is 0.655 bits per heavy atom. The van der Waals surface area contributed by atoms with Gasteiger partial charge in [-0.25, -0.2) is 0 Å². The molecule has 2 atom stereocenters. The van der Waals surface area contributed by atoms with Crippen LogP contribution in [0.4, 0.5) is 0 Å². The Hall–Kier alpha value is -3.53. The second-order valence-corrected chi connectivity index (χ2v) is 25.9. The second kappa shape index (κ2) is 68.4. The van der Waals surface area contributed by atoms with E-state index in [0.29, 0.717) is 23.9 Å². The number of ether oxygens (including phenoxy) is 4. The van der Waals surface area contributed by atoms with Gasteiger partial charge in [0, 0.05) is 12.8 Å². The van der Waals surface area contributed by atoms with E-state index in [2.05, 4.69) is 98.9 Å². The molecule has 0 aromatic rings. The van der Waals surface area contributed by atoms with Crippen molar-refractivity contribution < 1.29 is 42.9 Å². The molecule has 0 rings (SSSR count). The van der Waals surface area contributed by atoms with Crippen molar-refractivity contribution >= 4 is 17.9 Å². The Labute approximate surface area is 538 Å². The van der Waals surface area contributed by atoms with Crippen LogP contribution >= 0.6 is 0 Å². The van der Waals surface area contributed by atoms with E-state index in [-0.39, 0.29) is 32.2 Å². The Morgan fingerprint density at radius 3 is 0.977 bits per heavy atom. The molecule has 0 aliphatic heterocycles. The van der Waals surface area contributed by atoms with Crippen LogP contribution in [0.15, 0.2) is 85.1 Å². The van der Waals surface area contributed by atoms with Gasteiger partial charge in [0.1, 0.15) is 13.2 Å². The summed E-state index contributed by atoms with van der Waals surface area (Å²) in [5.74, 6) is -2.27. The van der Waals surface area contributed by atoms with E-state index in [0.717, 1.165) is 70.6 Å². The first-order valence-corrected chi connectivity index (χ1v) is 36.7. The molecule has 0 radical (unpaired) electrons. The summed E-state index contributed by atoms with van der Waals surface area (Å²) < 4.78 is 22.8. The zero-order valence-corrected chi connectivity index (χ0v) is 57.6. The average Bonchev–Trinajstić information content (AvgIpc) is 3.57. The van der Waals surface area contributed by atoms with Gasteiger partial charge in [0.15, 0.2) is 12.4 Å². The summed E-state index contributed by atoms with van der Waals surface area (Å²) >= 11 is 0. The smallest absolute Gasteiger partial charge is 0.306 e. The molecule has 87 heavy (non-hydrogen) atoms. The molecule has 0 spiro atoms. The van der Waals surface area contributed by atoms with Gasteiger partial charge in [-0.15, -0.1) is 0 Å². The molecule has 2 unspecified atom stereocenters. The third-order valence-corrected chi connectivity index (χ3v) is 16.1. The number of esters is 2. The van der Waals surface area contributed by atoms with Crippen LogP contribution in [0.5, 0.6) is 0 Å². The lowest BCUT2D eigenvalue weighted by Crippen LogP contribution is -2.44. The van der Waals surface area contributed by atoms with Crippen LogP contribution in [0.1, 0.15) is 335 Å². The first kappa shape index (κ1) is 83.5. The van der Waals surface area contributed by atoms with Crippen LogP contribution in [0, 0.1) is 0 Å². The number of likely N-dealkylation sites (N-methyl/N-ethyl adjacent to an activating group) is 1. The zero-order valence-electron chi connectivity index (χ0n) is 57.6. The summed E-state index contributed by atoms with van der Waals surface area (Å²) in [6.45, 7) is 4.67. The monoisotopic (exact) mass is 1220 g/mol. The molecule has 9 nitrogen and oxygen atoms in total. The lowest BCUT2D eigenvalue weighted by molar-refractivity contribution is -0.870. The van der Waals surface area contributed by atoms with Crippen LogP contribution < -0.4 is 5.11 Å². The number of allylic oxidation sites excluding steroid dienone is 14. The minimum absolute atomic E-state index is 0.147. The lowest BCUT2D eigenvalue weighted by Gasteiger charge is -2.26. The number of aliphatic carboxylic acids is 1. The van der Waals surface area contributed by atoms with Gasteiger partial charge in [-0.1, -0.05) is 317 Å². The van der Waals surface area contributed by atoms with Crippen LogP contribution in [-0.2, 0) is 33.3 Å². The maximum Gasteiger partial charge on any atom is 0.306 e. The quantitative estimate of drug-likeness (QED) is 0.0195. The molecule has 0 saturated heterocycles. The van der Waals surface area contributed by atoms with Crippen LogP contribution in [0.2, 0.25) is 0 Å². The number of carboxylic acid groups (broad SMARTS) is 1. The van der Waals surface area contributed by atoms with Gasteiger partial charge < -0.3 is 33.3 Å². The molecule has 9 heteroatoms. The number of hydrogen-bond donors (Lipinski definition) is 0.